The molecule has 30 heavy (non-hydrogen) atoms. The van der Waals surface area contributed by atoms with Crippen LogP contribution in [0.4, 0.5) is 5.82 Å². The van der Waals surface area contributed by atoms with Crippen molar-refractivity contribution in [2.24, 2.45) is 0 Å². The largest absolute Gasteiger partial charge is 0.492 e. The Morgan fingerprint density at radius 3 is 2.67 bits per heavy atom. The number of pyridine rings is 2. The van der Waals surface area contributed by atoms with E-state index in [9.17, 15) is 0 Å². The predicted octanol–water partition coefficient (Wildman–Crippen LogP) is 2.83. The minimum Gasteiger partial charge on any atom is -0.492 e. The summed E-state index contributed by atoms with van der Waals surface area (Å²) in [6.45, 7) is 4.67. The number of ether oxygens (including phenoxy) is 1. The molecule has 156 valence electrons. The van der Waals surface area contributed by atoms with Gasteiger partial charge < -0.3 is 15.0 Å². The quantitative estimate of drug-likeness (QED) is 0.542. The van der Waals surface area contributed by atoms with Crippen molar-refractivity contribution in [2.45, 2.75) is 31.8 Å². The van der Waals surface area contributed by atoms with Crippen molar-refractivity contribution in [3.05, 3.63) is 42.9 Å². The molecule has 2 atom stereocenters. The van der Waals surface area contributed by atoms with Gasteiger partial charge in [0.2, 0.25) is 0 Å². The van der Waals surface area contributed by atoms with Gasteiger partial charge in [-0.05, 0) is 44.0 Å². The molecule has 2 fully saturated rings. The highest BCUT2D eigenvalue weighted by Gasteiger charge is 2.32. The molecule has 2 aliphatic rings. The van der Waals surface area contributed by atoms with Crippen molar-refractivity contribution in [1.82, 2.24) is 29.7 Å². The van der Waals surface area contributed by atoms with Crippen LogP contribution in [-0.4, -0.2) is 56.2 Å². The Kier molecular flexibility index (Phi) is 4.75. The molecule has 4 aromatic rings. The van der Waals surface area contributed by atoms with Gasteiger partial charge in [0.15, 0.2) is 5.65 Å². The third-order valence-electron chi connectivity index (χ3n) is 5.95. The van der Waals surface area contributed by atoms with Crippen molar-refractivity contribution in [1.29, 1.82) is 0 Å². The van der Waals surface area contributed by atoms with E-state index in [1.54, 1.807) is 0 Å². The van der Waals surface area contributed by atoms with E-state index in [0.29, 0.717) is 18.7 Å². The standard InChI is InChI=1S/C21H23N7O.ClH/c1-2-29-17-6-7-19-18-10-23-28(21(18)25-27(19)13-17)16-5-8-20(22-9-16)26-11-14-3-4-15(12-26)24-14;/h5-10,13-15,24H,2-4,11-12H2,1H3;1H/t14-,15+;. The normalized spacial score (nSPS) is 20.6. The number of rotatable bonds is 4. The lowest BCUT2D eigenvalue weighted by Gasteiger charge is -2.33. The summed E-state index contributed by atoms with van der Waals surface area (Å²) < 4.78 is 9.29. The van der Waals surface area contributed by atoms with Crippen molar-refractivity contribution in [3.63, 3.8) is 0 Å². The monoisotopic (exact) mass is 425 g/mol. The lowest BCUT2D eigenvalue weighted by Crippen LogP contribution is -2.51. The van der Waals surface area contributed by atoms with Crippen LogP contribution in [0.1, 0.15) is 19.8 Å². The van der Waals surface area contributed by atoms with Gasteiger partial charge in [0.25, 0.3) is 0 Å². The maximum absolute atomic E-state index is 5.59. The topological polar surface area (TPSA) is 72.5 Å². The zero-order chi connectivity index (χ0) is 19.4. The zero-order valence-corrected chi connectivity index (χ0v) is 17.5. The molecule has 0 aromatic carbocycles. The summed E-state index contributed by atoms with van der Waals surface area (Å²) in [7, 11) is 0. The molecule has 2 bridgehead atoms. The highest BCUT2D eigenvalue weighted by atomic mass is 35.5. The fourth-order valence-electron chi connectivity index (χ4n) is 4.60. The van der Waals surface area contributed by atoms with Crippen LogP contribution in [-0.2, 0) is 0 Å². The molecule has 4 aromatic heterocycles. The summed E-state index contributed by atoms with van der Waals surface area (Å²) in [5.74, 6) is 1.84. The molecule has 2 saturated heterocycles. The molecule has 9 heteroatoms. The van der Waals surface area contributed by atoms with Crippen LogP contribution in [0.3, 0.4) is 0 Å². The Bertz CT molecular complexity index is 1170. The minimum absolute atomic E-state index is 0. The molecule has 0 amide bonds. The average molecular weight is 426 g/mol. The molecular formula is C21H24ClN7O. The summed E-state index contributed by atoms with van der Waals surface area (Å²) in [4.78, 5) is 7.13. The predicted molar refractivity (Wildman–Crippen MR) is 118 cm³/mol. The molecule has 0 spiro atoms. The smallest absolute Gasteiger partial charge is 0.185 e. The first-order valence-electron chi connectivity index (χ1n) is 10.2. The first kappa shape index (κ1) is 19.1. The number of nitrogens with zero attached hydrogens (tertiary/aromatic N) is 6. The fourth-order valence-corrected chi connectivity index (χ4v) is 4.60. The van der Waals surface area contributed by atoms with E-state index < -0.39 is 0 Å². The maximum Gasteiger partial charge on any atom is 0.185 e. The fraction of sp³-hybridized carbons (Fsp3) is 0.381. The Morgan fingerprint density at radius 1 is 1.10 bits per heavy atom. The van der Waals surface area contributed by atoms with E-state index in [2.05, 4.69) is 27.4 Å². The van der Waals surface area contributed by atoms with Gasteiger partial charge in [-0.15, -0.1) is 17.5 Å². The molecule has 8 nitrogen and oxygen atoms in total. The molecule has 0 radical (unpaired) electrons. The van der Waals surface area contributed by atoms with Gasteiger partial charge in [-0.2, -0.15) is 5.10 Å². The highest BCUT2D eigenvalue weighted by Crippen LogP contribution is 2.26. The van der Waals surface area contributed by atoms with Gasteiger partial charge in [-0.3, -0.25) is 0 Å². The van der Waals surface area contributed by atoms with E-state index in [1.807, 2.05) is 46.8 Å². The van der Waals surface area contributed by atoms with Gasteiger partial charge in [0.05, 0.1) is 41.8 Å². The molecule has 0 saturated carbocycles. The summed E-state index contributed by atoms with van der Waals surface area (Å²) in [5, 5.41) is 14.0. The zero-order valence-electron chi connectivity index (χ0n) is 16.7. The van der Waals surface area contributed by atoms with Gasteiger partial charge in [0.1, 0.15) is 11.6 Å². The number of aromatic nitrogens is 5. The maximum atomic E-state index is 5.59. The second kappa shape index (κ2) is 7.45. The number of hydrogen-bond acceptors (Lipinski definition) is 6. The SMILES string of the molecule is CCOc1ccc2c3cnn(-c4ccc(N5C[C@H]6CC[C@@H](C5)N6)nc4)c3nn2c1.Cl. The van der Waals surface area contributed by atoms with E-state index in [4.69, 9.17) is 14.8 Å². The van der Waals surface area contributed by atoms with Crippen LogP contribution in [0.25, 0.3) is 22.2 Å². The third kappa shape index (κ3) is 3.07. The first-order chi connectivity index (χ1) is 14.3. The highest BCUT2D eigenvalue weighted by molar-refractivity contribution is 5.92. The summed E-state index contributed by atoms with van der Waals surface area (Å²) in [6.07, 6.45) is 8.19. The van der Waals surface area contributed by atoms with E-state index in [0.717, 1.165) is 46.9 Å². The van der Waals surface area contributed by atoms with Crippen LogP contribution in [0.2, 0.25) is 0 Å². The molecule has 6 heterocycles. The first-order valence-corrected chi connectivity index (χ1v) is 10.2. The second-order valence-electron chi connectivity index (χ2n) is 7.84. The van der Waals surface area contributed by atoms with E-state index in [1.165, 1.54) is 12.8 Å². The summed E-state index contributed by atoms with van der Waals surface area (Å²) in [6, 6.07) is 9.35. The number of piperazine rings is 1. The Balaban J connectivity index is 0.00000193. The van der Waals surface area contributed by atoms with Gasteiger partial charge in [0, 0.05) is 25.2 Å². The Hall–Kier alpha value is -2.84. The van der Waals surface area contributed by atoms with Gasteiger partial charge in [-0.25, -0.2) is 14.2 Å². The van der Waals surface area contributed by atoms with E-state index >= 15 is 0 Å². The third-order valence-corrected chi connectivity index (χ3v) is 5.95. The van der Waals surface area contributed by atoms with Gasteiger partial charge in [-0.1, -0.05) is 0 Å². The van der Waals surface area contributed by atoms with Gasteiger partial charge >= 0.3 is 0 Å². The lowest BCUT2D eigenvalue weighted by atomic mass is 10.2. The van der Waals surface area contributed by atoms with E-state index in [-0.39, 0.29) is 12.4 Å². The molecular weight excluding hydrogens is 402 g/mol. The number of halogens is 1. The van der Waals surface area contributed by atoms with Crippen molar-refractivity contribution in [3.8, 4) is 11.4 Å². The molecule has 0 unspecified atom stereocenters. The van der Waals surface area contributed by atoms with Crippen LogP contribution in [0, 0.1) is 0 Å². The Labute approximate surface area is 180 Å². The number of hydrogen-bond donors (Lipinski definition) is 1. The molecule has 0 aliphatic carbocycles. The molecule has 1 N–H and O–H groups in total. The van der Waals surface area contributed by atoms with Crippen LogP contribution in [0.15, 0.2) is 42.9 Å². The molecule has 6 rings (SSSR count). The average Bonchev–Trinajstić information content (AvgIpc) is 3.41. The lowest BCUT2D eigenvalue weighted by molar-refractivity contribution is 0.338. The van der Waals surface area contributed by atoms with Crippen LogP contribution in [0.5, 0.6) is 5.75 Å². The Morgan fingerprint density at radius 2 is 1.93 bits per heavy atom. The van der Waals surface area contributed by atoms with Crippen molar-refractivity contribution < 1.29 is 4.74 Å². The number of fused-ring (bicyclic) bond motifs is 5. The summed E-state index contributed by atoms with van der Waals surface area (Å²) in [5.41, 5.74) is 2.74. The molecule has 2 aliphatic heterocycles. The number of anilines is 1. The summed E-state index contributed by atoms with van der Waals surface area (Å²) >= 11 is 0. The van der Waals surface area contributed by atoms with Crippen molar-refractivity contribution >= 4 is 34.8 Å². The van der Waals surface area contributed by atoms with Crippen LogP contribution >= 0.6 is 12.4 Å². The minimum atomic E-state index is 0. The van der Waals surface area contributed by atoms with Crippen molar-refractivity contribution in [2.75, 3.05) is 24.6 Å². The number of nitrogens with one attached hydrogen (secondary N) is 1. The van der Waals surface area contributed by atoms with Crippen LogP contribution < -0.4 is 15.0 Å². The second-order valence-corrected chi connectivity index (χ2v) is 7.84.